The van der Waals surface area contributed by atoms with E-state index in [-0.39, 0.29) is 17.3 Å². The standard InChI is InChI=1S/C32H36N2O3/c1-30(2,3)37-29(36)34-32(16-9-17-32)23-14-12-22(13-15-23)28-24(21-10-7-6-8-11-21)18-25-26(33-28)19-31(4,5)20-27(25)35/h6-8,10-15,18H,9,16-17,19-20H2,1-5H3,(H,34,36). The number of pyridine rings is 1. The summed E-state index contributed by atoms with van der Waals surface area (Å²) in [5.41, 5.74) is 5.53. The van der Waals surface area contributed by atoms with Gasteiger partial charge in [0, 0.05) is 23.1 Å². The van der Waals surface area contributed by atoms with Crippen LogP contribution in [0.25, 0.3) is 22.4 Å². The van der Waals surface area contributed by atoms with Gasteiger partial charge in [0.15, 0.2) is 5.78 Å². The van der Waals surface area contributed by atoms with E-state index < -0.39 is 11.1 Å². The number of benzene rings is 2. The second-order valence-electron chi connectivity index (χ2n) is 12.3. The molecule has 2 aliphatic carbocycles. The number of ether oxygens (including phenoxy) is 1. The highest BCUT2D eigenvalue weighted by molar-refractivity contribution is 6.01. The summed E-state index contributed by atoms with van der Waals surface area (Å²) in [4.78, 5) is 30.7. The summed E-state index contributed by atoms with van der Waals surface area (Å²) in [7, 11) is 0. The van der Waals surface area contributed by atoms with Gasteiger partial charge in [-0.2, -0.15) is 0 Å². The molecule has 1 heterocycles. The molecule has 0 saturated heterocycles. The molecule has 0 unspecified atom stereocenters. The summed E-state index contributed by atoms with van der Waals surface area (Å²) < 4.78 is 5.54. The highest BCUT2D eigenvalue weighted by Crippen LogP contribution is 2.43. The molecule has 5 heteroatoms. The van der Waals surface area contributed by atoms with Gasteiger partial charge in [-0.05, 0) is 69.1 Å². The number of amides is 1. The van der Waals surface area contributed by atoms with Gasteiger partial charge in [0.05, 0.1) is 16.9 Å². The largest absolute Gasteiger partial charge is 0.444 e. The minimum Gasteiger partial charge on any atom is -0.444 e. The Balaban J connectivity index is 1.53. The molecule has 1 saturated carbocycles. The molecule has 192 valence electrons. The maximum absolute atomic E-state index is 13.0. The number of carbonyl (C=O) groups excluding carboxylic acids is 2. The van der Waals surface area contributed by atoms with Gasteiger partial charge in [0.1, 0.15) is 5.60 Å². The van der Waals surface area contributed by atoms with E-state index >= 15 is 0 Å². The van der Waals surface area contributed by atoms with Gasteiger partial charge in [-0.3, -0.25) is 9.78 Å². The van der Waals surface area contributed by atoms with Crippen LogP contribution in [0.1, 0.15) is 81.9 Å². The first-order chi connectivity index (χ1) is 17.4. The third-order valence-electron chi connectivity index (χ3n) is 7.43. The van der Waals surface area contributed by atoms with Crippen LogP contribution in [-0.2, 0) is 16.7 Å². The molecular weight excluding hydrogens is 460 g/mol. The Kier molecular flexibility index (Phi) is 6.21. The Morgan fingerprint density at radius 1 is 0.919 bits per heavy atom. The summed E-state index contributed by atoms with van der Waals surface area (Å²) in [5.74, 6) is 0.165. The third-order valence-corrected chi connectivity index (χ3v) is 7.43. The van der Waals surface area contributed by atoms with Crippen molar-refractivity contribution in [2.24, 2.45) is 5.41 Å². The zero-order valence-corrected chi connectivity index (χ0v) is 22.5. The maximum Gasteiger partial charge on any atom is 0.408 e. The molecule has 5 rings (SSSR count). The van der Waals surface area contributed by atoms with E-state index in [1.807, 2.05) is 45.0 Å². The number of hydrogen-bond donors (Lipinski definition) is 1. The second kappa shape index (κ2) is 9.13. The van der Waals surface area contributed by atoms with E-state index in [0.717, 1.165) is 64.9 Å². The molecule has 1 fully saturated rings. The van der Waals surface area contributed by atoms with Crippen LogP contribution < -0.4 is 5.32 Å². The second-order valence-corrected chi connectivity index (χ2v) is 12.3. The number of nitrogens with zero attached hydrogens (tertiary/aromatic N) is 1. The molecule has 0 aliphatic heterocycles. The van der Waals surface area contributed by atoms with Crippen LogP contribution in [0.2, 0.25) is 0 Å². The fourth-order valence-electron chi connectivity index (χ4n) is 5.49. The normalized spacial score (nSPS) is 17.9. The van der Waals surface area contributed by atoms with Gasteiger partial charge in [-0.1, -0.05) is 68.4 Å². The molecule has 0 radical (unpaired) electrons. The number of carbonyl (C=O) groups is 2. The van der Waals surface area contributed by atoms with Gasteiger partial charge in [-0.15, -0.1) is 0 Å². The summed E-state index contributed by atoms with van der Waals surface area (Å²) in [5, 5.41) is 3.14. The van der Waals surface area contributed by atoms with Crippen LogP contribution in [0.15, 0.2) is 60.7 Å². The molecule has 0 atom stereocenters. The summed E-state index contributed by atoms with van der Waals surface area (Å²) in [6.45, 7) is 9.88. The fourth-order valence-corrected chi connectivity index (χ4v) is 5.49. The average molecular weight is 497 g/mol. The molecular formula is C32H36N2O3. The number of Topliss-reactive ketones (excluding diaryl/α,β-unsaturated/α-hetero) is 1. The predicted molar refractivity (Wildman–Crippen MR) is 146 cm³/mol. The van der Waals surface area contributed by atoms with Crippen LogP contribution in [0.5, 0.6) is 0 Å². The molecule has 1 amide bonds. The molecule has 0 spiro atoms. The zero-order valence-electron chi connectivity index (χ0n) is 22.5. The van der Waals surface area contributed by atoms with Crippen molar-refractivity contribution in [2.45, 2.75) is 77.9 Å². The molecule has 2 aromatic carbocycles. The molecule has 3 aromatic rings. The molecule has 37 heavy (non-hydrogen) atoms. The number of ketones is 1. The fraction of sp³-hybridized carbons (Fsp3) is 0.406. The Labute approximate surface area is 219 Å². The molecule has 5 nitrogen and oxygen atoms in total. The monoisotopic (exact) mass is 496 g/mol. The maximum atomic E-state index is 13.0. The molecule has 1 aromatic heterocycles. The van der Waals surface area contributed by atoms with E-state index in [2.05, 4.69) is 55.6 Å². The zero-order chi connectivity index (χ0) is 26.4. The lowest BCUT2D eigenvalue weighted by Crippen LogP contribution is -2.52. The van der Waals surface area contributed by atoms with E-state index in [0.29, 0.717) is 6.42 Å². The number of nitrogens with one attached hydrogen (secondary N) is 1. The Morgan fingerprint density at radius 2 is 1.59 bits per heavy atom. The van der Waals surface area contributed by atoms with Crippen molar-refractivity contribution in [3.63, 3.8) is 0 Å². The summed E-state index contributed by atoms with van der Waals surface area (Å²) in [6.07, 6.45) is 3.76. The van der Waals surface area contributed by atoms with E-state index in [4.69, 9.17) is 9.72 Å². The smallest absolute Gasteiger partial charge is 0.408 e. The van der Waals surface area contributed by atoms with Crippen molar-refractivity contribution < 1.29 is 14.3 Å². The molecule has 0 bridgehead atoms. The van der Waals surface area contributed by atoms with Crippen molar-refractivity contribution in [3.8, 4) is 22.4 Å². The van der Waals surface area contributed by atoms with Crippen LogP contribution in [0, 0.1) is 5.41 Å². The van der Waals surface area contributed by atoms with Crippen LogP contribution >= 0.6 is 0 Å². The predicted octanol–water partition coefficient (Wildman–Crippen LogP) is 7.47. The summed E-state index contributed by atoms with van der Waals surface area (Å²) in [6, 6.07) is 20.5. The minimum atomic E-state index is -0.541. The number of aromatic nitrogens is 1. The highest BCUT2D eigenvalue weighted by Gasteiger charge is 2.41. The van der Waals surface area contributed by atoms with E-state index in [1.54, 1.807) is 0 Å². The number of rotatable bonds is 4. The third kappa shape index (κ3) is 5.18. The van der Waals surface area contributed by atoms with Crippen molar-refractivity contribution in [1.82, 2.24) is 10.3 Å². The summed E-state index contributed by atoms with van der Waals surface area (Å²) >= 11 is 0. The van der Waals surface area contributed by atoms with Crippen molar-refractivity contribution in [2.75, 3.05) is 0 Å². The minimum absolute atomic E-state index is 0.101. The molecule has 2 aliphatic rings. The van der Waals surface area contributed by atoms with Crippen LogP contribution in [0.3, 0.4) is 0 Å². The number of hydrogen-bond acceptors (Lipinski definition) is 4. The van der Waals surface area contributed by atoms with Crippen molar-refractivity contribution in [3.05, 3.63) is 77.5 Å². The first-order valence-corrected chi connectivity index (χ1v) is 13.2. The van der Waals surface area contributed by atoms with Crippen LogP contribution in [0.4, 0.5) is 4.79 Å². The average Bonchev–Trinajstić information content (AvgIpc) is 2.80. The van der Waals surface area contributed by atoms with Crippen molar-refractivity contribution >= 4 is 11.9 Å². The first kappa shape index (κ1) is 25.2. The van der Waals surface area contributed by atoms with Gasteiger partial charge in [0.2, 0.25) is 0 Å². The molecule has 1 N–H and O–H groups in total. The van der Waals surface area contributed by atoms with Gasteiger partial charge >= 0.3 is 6.09 Å². The van der Waals surface area contributed by atoms with Crippen molar-refractivity contribution in [1.29, 1.82) is 0 Å². The van der Waals surface area contributed by atoms with Gasteiger partial charge in [-0.25, -0.2) is 4.79 Å². The van der Waals surface area contributed by atoms with E-state index in [9.17, 15) is 9.59 Å². The Bertz CT molecular complexity index is 1330. The van der Waals surface area contributed by atoms with Gasteiger partial charge < -0.3 is 10.1 Å². The number of fused-ring (bicyclic) bond motifs is 1. The lowest BCUT2D eigenvalue weighted by molar-refractivity contribution is 0.0377. The lowest BCUT2D eigenvalue weighted by atomic mass is 9.71. The topological polar surface area (TPSA) is 68.3 Å². The highest BCUT2D eigenvalue weighted by atomic mass is 16.6. The van der Waals surface area contributed by atoms with Gasteiger partial charge in [0.25, 0.3) is 0 Å². The first-order valence-electron chi connectivity index (χ1n) is 13.2. The lowest BCUT2D eigenvalue weighted by Gasteiger charge is -2.43. The SMILES string of the molecule is CC1(C)CC(=O)c2cc(-c3ccccc3)c(-c3ccc(C4(NC(=O)OC(C)(C)C)CCC4)cc3)nc2C1. The van der Waals surface area contributed by atoms with E-state index in [1.165, 1.54) is 0 Å². The number of alkyl carbamates (subject to hydrolysis) is 1. The Hall–Kier alpha value is -3.47. The van der Waals surface area contributed by atoms with Crippen LogP contribution in [-0.4, -0.2) is 22.5 Å². The Morgan fingerprint density at radius 3 is 2.19 bits per heavy atom. The quantitative estimate of drug-likeness (QED) is 0.407.